The Balaban J connectivity index is 2.02. The van der Waals surface area contributed by atoms with Crippen LogP contribution in [0.25, 0.3) is 0 Å². The number of nitrogens with one attached hydrogen (secondary N) is 2. The first-order valence-corrected chi connectivity index (χ1v) is 9.50. The van der Waals surface area contributed by atoms with E-state index in [9.17, 15) is 19.2 Å². The fourth-order valence-electron chi connectivity index (χ4n) is 2.75. The van der Waals surface area contributed by atoms with Crippen molar-refractivity contribution in [1.29, 1.82) is 0 Å². The van der Waals surface area contributed by atoms with Crippen molar-refractivity contribution < 1.29 is 33.8 Å². The first-order chi connectivity index (χ1) is 14.9. The van der Waals surface area contributed by atoms with E-state index >= 15 is 0 Å². The molecule has 0 aliphatic carbocycles. The molecule has 0 bridgehead atoms. The lowest BCUT2D eigenvalue weighted by Crippen LogP contribution is -2.53. The Hall–Kier alpha value is -3.88. The highest BCUT2D eigenvalue weighted by Crippen LogP contribution is 2.06. The van der Waals surface area contributed by atoms with Crippen molar-refractivity contribution in [2.45, 2.75) is 31.5 Å². The number of methoxy groups -OCH3 is 1. The molecule has 0 saturated carbocycles. The summed E-state index contributed by atoms with van der Waals surface area (Å²) in [5.74, 6) is -2.84. The number of carboxylic acid groups (broad SMARTS) is 1. The molecule has 0 aliphatic rings. The van der Waals surface area contributed by atoms with Crippen LogP contribution in [0.2, 0.25) is 0 Å². The molecule has 0 aromatic heterocycles. The van der Waals surface area contributed by atoms with Crippen LogP contribution >= 0.6 is 0 Å². The molecule has 0 saturated heterocycles. The number of aliphatic carboxylic acids is 1. The number of hydrogen-bond donors (Lipinski definition) is 3. The van der Waals surface area contributed by atoms with Crippen molar-refractivity contribution in [3.8, 4) is 0 Å². The van der Waals surface area contributed by atoms with Gasteiger partial charge in [-0.15, -0.1) is 0 Å². The fourth-order valence-corrected chi connectivity index (χ4v) is 2.75. The summed E-state index contributed by atoms with van der Waals surface area (Å²) in [6.07, 6.45) is -1.51. The van der Waals surface area contributed by atoms with Crippen LogP contribution < -0.4 is 10.6 Å². The number of carboxylic acids is 1. The van der Waals surface area contributed by atoms with E-state index in [0.717, 1.165) is 11.1 Å². The first kappa shape index (κ1) is 23.4. The topological polar surface area (TPSA) is 131 Å². The van der Waals surface area contributed by atoms with Crippen LogP contribution in [-0.2, 0) is 36.9 Å². The van der Waals surface area contributed by atoms with Gasteiger partial charge in [0.1, 0.15) is 18.7 Å². The van der Waals surface area contributed by atoms with E-state index in [1.165, 1.54) is 7.11 Å². The number of carbonyl (C=O) groups excluding carboxylic acids is 3. The highest BCUT2D eigenvalue weighted by molar-refractivity contribution is 5.92. The van der Waals surface area contributed by atoms with Crippen LogP contribution in [-0.4, -0.2) is 48.2 Å². The summed E-state index contributed by atoms with van der Waals surface area (Å²) in [4.78, 5) is 48.0. The van der Waals surface area contributed by atoms with Crippen LogP contribution in [0.3, 0.4) is 0 Å². The second-order valence-electron chi connectivity index (χ2n) is 6.63. The lowest BCUT2D eigenvalue weighted by molar-refractivity contribution is -0.145. The van der Waals surface area contributed by atoms with Gasteiger partial charge in [0.2, 0.25) is 5.91 Å². The summed E-state index contributed by atoms with van der Waals surface area (Å²) >= 11 is 0. The molecule has 0 radical (unpaired) electrons. The molecule has 2 aromatic carbocycles. The maximum Gasteiger partial charge on any atom is 0.408 e. The Labute approximate surface area is 179 Å². The van der Waals surface area contributed by atoms with Gasteiger partial charge in [0.25, 0.3) is 0 Å². The second kappa shape index (κ2) is 12.0. The van der Waals surface area contributed by atoms with Crippen LogP contribution in [0.1, 0.15) is 17.5 Å². The zero-order valence-electron chi connectivity index (χ0n) is 16.9. The van der Waals surface area contributed by atoms with Gasteiger partial charge in [0.05, 0.1) is 13.5 Å². The molecule has 2 aromatic rings. The molecule has 9 heteroatoms. The number of esters is 1. The Morgan fingerprint density at radius 2 is 1.45 bits per heavy atom. The highest BCUT2D eigenvalue weighted by atomic mass is 16.5. The summed E-state index contributed by atoms with van der Waals surface area (Å²) in [5.41, 5.74) is 1.49. The van der Waals surface area contributed by atoms with E-state index in [1.807, 2.05) is 12.1 Å². The van der Waals surface area contributed by atoms with Gasteiger partial charge in [-0.1, -0.05) is 60.7 Å². The first-order valence-electron chi connectivity index (χ1n) is 9.50. The molecule has 2 atom stereocenters. The minimum Gasteiger partial charge on any atom is -0.481 e. The molecule has 0 spiro atoms. The Morgan fingerprint density at radius 3 is 2.00 bits per heavy atom. The molecule has 0 fully saturated rings. The SMILES string of the molecule is COC(=O)C(Cc1ccccc1)NC(=O)C(CC(=O)O)NC(=O)OCc1ccccc1. The second-order valence-corrected chi connectivity index (χ2v) is 6.63. The van der Waals surface area contributed by atoms with Crippen molar-refractivity contribution in [1.82, 2.24) is 10.6 Å². The average Bonchev–Trinajstić information content (AvgIpc) is 2.77. The number of benzene rings is 2. The Kier molecular flexibility index (Phi) is 9.03. The molecule has 3 N–H and O–H groups in total. The fraction of sp³-hybridized carbons (Fsp3) is 0.273. The van der Waals surface area contributed by atoms with Gasteiger partial charge in [-0.05, 0) is 11.1 Å². The molecule has 2 rings (SSSR count). The molecule has 0 aliphatic heterocycles. The normalized spacial score (nSPS) is 12.2. The van der Waals surface area contributed by atoms with E-state index in [1.54, 1.807) is 48.5 Å². The van der Waals surface area contributed by atoms with Gasteiger partial charge in [0, 0.05) is 6.42 Å². The lowest BCUT2D eigenvalue weighted by atomic mass is 10.1. The van der Waals surface area contributed by atoms with E-state index in [4.69, 9.17) is 14.6 Å². The number of ether oxygens (including phenoxy) is 2. The summed E-state index contributed by atoms with van der Waals surface area (Å²) in [6.45, 7) is -0.0487. The molecular weight excluding hydrogens is 404 g/mol. The smallest absolute Gasteiger partial charge is 0.408 e. The molecule has 31 heavy (non-hydrogen) atoms. The molecule has 2 unspecified atom stereocenters. The molecule has 0 heterocycles. The van der Waals surface area contributed by atoms with Crippen molar-refractivity contribution >= 4 is 23.9 Å². The van der Waals surface area contributed by atoms with Gasteiger partial charge in [-0.2, -0.15) is 0 Å². The van der Waals surface area contributed by atoms with Gasteiger partial charge in [-0.25, -0.2) is 9.59 Å². The minimum atomic E-state index is -1.44. The Morgan fingerprint density at radius 1 is 0.871 bits per heavy atom. The predicted octanol–water partition coefficient (Wildman–Crippen LogP) is 1.66. The standard InChI is InChI=1S/C22H24N2O7/c1-30-21(28)18(12-15-8-4-2-5-9-15)23-20(27)17(13-19(25)26)24-22(29)31-14-16-10-6-3-7-11-16/h2-11,17-18H,12-14H2,1H3,(H,23,27)(H,24,29)(H,25,26). The van der Waals surface area contributed by atoms with E-state index < -0.39 is 42.4 Å². The van der Waals surface area contributed by atoms with E-state index in [0.29, 0.717) is 0 Å². The van der Waals surface area contributed by atoms with Gasteiger partial charge in [0.15, 0.2) is 0 Å². The average molecular weight is 428 g/mol. The van der Waals surface area contributed by atoms with Crippen LogP contribution in [0, 0.1) is 0 Å². The number of carbonyl (C=O) groups is 4. The van der Waals surface area contributed by atoms with Crippen LogP contribution in [0.5, 0.6) is 0 Å². The molecule has 2 amide bonds. The van der Waals surface area contributed by atoms with Gasteiger partial charge < -0.3 is 25.2 Å². The van der Waals surface area contributed by atoms with E-state index in [2.05, 4.69) is 10.6 Å². The van der Waals surface area contributed by atoms with Crippen molar-refractivity contribution in [2.24, 2.45) is 0 Å². The summed E-state index contributed by atoms with van der Waals surface area (Å²) in [6, 6.07) is 15.3. The van der Waals surface area contributed by atoms with Crippen LogP contribution in [0.4, 0.5) is 4.79 Å². The highest BCUT2D eigenvalue weighted by Gasteiger charge is 2.29. The monoisotopic (exact) mass is 428 g/mol. The zero-order chi connectivity index (χ0) is 22.6. The lowest BCUT2D eigenvalue weighted by Gasteiger charge is -2.21. The number of amides is 2. The quantitative estimate of drug-likeness (QED) is 0.491. The van der Waals surface area contributed by atoms with Crippen molar-refractivity contribution in [3.63, 3.8) is 0 Å². The maximum atomic E-state index is 12.7. The number of alkyl carbamates (subject to hydrolysis) is 1. The summed E-state index contributed by atoms with van der Waals surface area (Å²) in [5, 5.41) is 13.8. The van der Waals surface area contributed by atoms with Crippen molar-refractivity contribution in [3.05, 3.63) is 71.8 Å². The number of hydrogen-bond acceptors (Lipinski definition) is 6. The molecular formula is C22H24N2O7. The largest absolute Gasteiger partial charge is 0.481 e. The predicted molar refractivity (Wildman–Crippen MR) is 110 cm³/mol. The van der Waals surface area contributed by atoms with Crippen molar-refractivity contribution in [2.75, 3.05) is 7.11 Å². The van der Waals surface area contributed by atoms with Gasteiger partial charge in [-0.3, -0.25) is 9.59 Å². The Bertz CT molecular complexity index is 887. The van der Waals surface area contributed by atoms with E-state index in [-0.39, 0.29) is 13.0 Å². The summed E-state index contributed by atoms with van der Waals surface area (Å²) < 4.78 is 9.78. The molecule has 164 valence electrons. The molecule has 9 nitrogen and oxygen atoms in total. The summed E-state index contributed by atoms with van der Waals surface area (Å²) in [7, 11) is 1.18. The third-order valence-electron chi connectivity index (χ3n) is 4.28. The number of rotatable bonds is 10. The third kappa shape index (κ3) is 8.17. The minimum absolute atomic E-state index is 0.0487. The maximum absolute atomic E-state index is 12.7. The third-order valence-corrected chi connectivity index (χ3v) is 4.28. The van der Waals surface area contributed by atoms with Gasteiger partial charge >= 0.3 is 18.0 Å². The zero-order valence-corrected chi connectivity index (χ0v) is 16.9. The van der Waals surface area contributed by atoms with Crippen LogP contribution in [0.15, 0.2) is 60.7 Å².